The van der Waals surface area contributed by atoms with E-state index in [-0.39, 0.29) is 0 Å². The smallest absolute Gasteiger partial charge is 0.442 e. The molecule has 0 aliphatic rings. The molecule has 0 atom stereocenters. The number of rotatable bonds is 4. The van der Waals surface area contributed by atoms with Crippen molar-refractivity contribution in [3.63, 3.8) is 0 Å². The second-order valence-electron chi connectivity index (χ2n) is 2.89. The van der Waals surface area contributed by atoms with Gasteiger partial charge in [-0.3, -0.25) is 0 Å². The van der Waals surface area contributed by atoms with Gasteiger partial charge in [0.15, 0.2) is 0 Å². The van der Waals surface area contributed by atoms with Gasteiger partial charge < -0.3 is 9.57 Å². The maximum absolute atomic E-state index is 11.1. The van der Waals surface area contributed by atoms with Crippen molar-refractivity contribution in [3.05, 3.63) is 0 Å². The first-order valence-corrected chi connectivity index (χ1v) is 4.64. The lowest BCUT2D eigenvalue weighted by Crippen LogP contribution is -2.29. The zero-order chi connectivity index (χ0) is 11.0. The molecule has 5 nitrogen and oxygen atoms in total. The number of carbonyl (C=O) groups is 2. The van der Waals surface area contributed by atoms with Crippen LogP contribution in [0, 0.1) is 0 Å². The fourth-order valence-electron chi connectivity index (χ4n) is 0.884. The molecular formula is C9H17NO4. The maximum Gasteiger partial charge on any atom is 0.442 e. The number of methoxy groups -OCH3 is 1. The van der Waals surface area contributed by atoms with Crippen LogP contribution in [-0.4, -0.2) is 31.3 Å². The van der Waals surface area contributed by atoms with Gasteiger partial charge in [-0.15, -0.1) is 5.06 Å². The van der Waals surface area contributed by atoms with Gasteiger partial charge in [0.1, 0.15) is 0 Å². The van der Waals surface area contributed by atoms with Crippen LogP contribution in [0.15, 0.2) is 0 Å². The molecule has 1 amide bonds. The van der Waals surface area contributed by atoms with Crippen LogP contribution in [0.2, 0.25) is 0 Å². The molecular weight excluding hydrogens is 186 g/mol. The quantitative estimate of drug-likeness (QED) is 0.515. The monoisotopic (exact) mass is 203 g/mol. The molecule has 0 heterocycles. The van der Waals surface area contributed by atoms with Crippen molar-refractivity contribution in [2.75, 3.05) is 14.2 Å². The van der Waals surface area contributed by atoms with Crippen LogP contribution in [0.1, 0.15) is 32.6 Å². The number of nitrogens with zero attached hydrogens (tertiary/aromatic N) is 1. The Balaban J connectivity index is 3.65. The summed E-state index contributed by atoms with van der Waals surface area (Å²) in [7, 11) is 2.56. The predicted molar refractivity (Wildman–Crippen MR) is 50.4 cm³/mol. The van der Waals surface area contributed by atoms with Gasteiger partial charge in [-0.2, -0.15) is 0 Å². The van der Waals surface area contributed by atoms with E-state index in [0.29, 0.717) is 6.42 Å². The molecule has 5 heteroatoms. The van der Waals surface area contributed by atoms with Crippen molar-refractivity contribution in [2.24, 2.45) is 0 Å². The van der Waals surface area contributed by atoms with E-state index in [1.807, 2.05) is 6.92 Å². The number of unbranched alkanes of at least 4 members (excludes halogenated alkanes) is 2. The molecule has 0 fully saturated rings. The largest absolute Gasteiger partial charge is 0.451 e. The summed E-state index contributed by atoms with van der Waals surface area (Å²) in [4.78, 5) is 26.6. The Morgan fingerprint density at radius 3 is 2.43 bits per heavy atom. The van der Waals surface area contributed by atoms with Gasteiger partial charge in [0.2, 0.25) is 0 Å². The Morgan fingerprint density at radius 2 is 1.93 bits per heavy atom. The highest BCUT2D eigenvalue weighted by Crippen LogP contribution is 2.02. The van der Waals surface area contributed by atoms with Gasteiger partial charge in [0.05, 0.1) is 14.2 Å². The molecule has 0 unspecified atom stereocenters. The highest BCUT2D eigenvalue weighted by Gasteiger charge is 2.13. The van der Waals surface area contributed by atoms with Crippen LogP contribution >= 0.6 is 0 Å². The minimum absolute atomic E-state index is 0.329. The second-order valence-corrected chi connectivity index (χ2v) is 2.89. The van der Waals surface area contributed by atoms with E-state index in [1.165, 1.54) is 14.2 Å². The minimum Gasteiger partial charge on any atom is -0.451 e. The molecule has 0 aromatic rings. The highest BCUT2D eigenvalue weighted by molar-refractivity contribution is 5.72. The lowest BCUT2D eigenvalue weighted by Gasteiger charge is -2.13. The van der Waals surface area contributed by atoms with Crippen LogP contribution in [0.3, 0.4) is 0 Å². The van der Waals surface area contributed by atoms with Gasteiger partial charge in [0, 0.05) is 6.42 Å². The van der Waals surface area contributed by atoms with E-state index >= 15 is 0 Å². The van der Waals surface area contributed by atoms with Gasteiger partial charge in [-0.1, -0.05) is 19.8 Å². The summed E-state index contributed by atoms with van der Waals surface area (Å²) in [6.45, 7) is 2.05. The molecule has 0 spiro atoms. The summed E-state index contributed by atoms with van der Waals surface area (Å²) in [5.74, 6) is -0.411. The molecule has 82 valence electrons. The molecule has 14 heavy (non-hydrogen) atoms. The summed E-state index contributed by atoms with van der Waals surface area (Å²) in [5.41, 5.74) is 0. The van der Waals surface area contributed by atoms with E-state index in [4.69, 9.17) is 0 Å². The molecule has 0 bridgehead atoms. The molecule has 0 radical (unpaired) electrons. The fourth-order valence-corrected chi connectivity index (χ4v) is 0.884. The standard InChI is InChI=1S/C9H17NO4/c1-4-5-6-7-8(11)14-10(2)9(12)13-3/h4-7H2,1-3H3. The molecule has 0 aromatic carbocycles. The zero-order valence-electron chi connectivity index (χ0n) is 8.91. The Labute approximate surface area is 83.9 Å². The molecule has 0 aliphatic heterocycles. The topological polar surface area (TPSA) is 55.8 Å². The van der Waals surface area contributed by atoms with Gasteiger partial charge in [0.25, 0.3) is 0 Å². The van der Waals surface area contributed by atoms with Gasteiger partial charge >= 0.3 is 12.1 Å². The van der Waals surface area contributed by atoms with Crippen LogP contribution in [0.5, 0.6) is 0 Å². The summed E-state index contributed by atoms with van der Waals surface area (Å²) < 4.78 is 4.35. The second kappa shape index (κ2) is 7.17. The van der Waals surface area contributed by atoms with Crippen molar-refractivity contribution in [2.45, 2.75) is 32.6 Å². The first-order valence-electron chi connectivity index (χ1n) is 4.64. The van der Waals surface area contributed by atoms with Crippen LogP contribution < -0.4 is 0 Å². The molecule has 0 saturated heterocycles. The SMILES string of the molecule is CCCCCC(=O)ON(C)C(=O)OC. The Morgan fingerprint density at radius 1 is 1.29 bits per heavy atom. The summed E-state index contributed by atoms with van der Waals surface area (Å²) in [6.07, 6.45) is 2.45. The minimum atomic E-state index is -0.686. The number of hydrogen-bond acceptors (Lipinski definition) is 4. The molecule has 0 N–H and O–H groups in total. The summed E-state index contributed by atoms with van der Waals surface area (Å²) >= 11 is 0. The highest BCUT2D eigenvalue weighted by atomic mass is 16.7. The lowest BCUT2D eigenvalue weighted by molar-refractivity contribution is -0.176. The molecule has 0 aliphatic carbocycles. The van der Waals surface area contributed by atoms with Crippen molar-refractivity contribution < 1.29 is 19.2 Å². The van der Waals surface area contributed by atoms with E-state index < -0.39 is 12.1 Å². The maximum atomic E-state index is 11.1. The predicted octanol–water partition coefficient (Wildman–Crippen LogP) is 1.72. The normalized spacial score (nSPS) is 9.36. The van der Waals surface area contributed by atoms with Gasteiger partial charge in [-0.25, -0.2) is 9.59 Å². The third-order valence-electron chi connectivity index (χ3n) is 1.65. The van der Waals surface area contributed by atoms with Crippen molar-refractivity contribution in [1.29, 1.82) is 0 Å². The van der Waals surface area contributed by atoms with E-state index in [0.717, 1.165) is 24.3 Å². The molecule has 0 saturated carbocycles. The Hall–Kier alpha value is -1.26. The van der Waals surface area contributed by atoms with Crippen molar-refractivity contribution in [3.8, 4) is 0 Å². The average Bonchev–Trinajstić information content (AvgIpc) is 2.16. The Bertz CT molecular complexity index is 193. The summed E-state index contributed by atoms with van der Waals surface area (Å²) in [5, 5.41) is 0.786. The van der Waals surface area contributed by atoms with E-state index in [2.05, 4.69) is 9.57 Å². The molecule has 0 aromatic heterocycles. The first-order chi connectivity index (χ1) is 6.61. The first kappa shape index (κ1) is 12.7. The molecule has 0 rings (SSSR count). The number of carbonyl (C=O) groups excluding carboxylic acids is 2. The average molecular weight is 203 g/mol. The van der Waals surface area contributed by atoms with Crippen LogP contribution in [0.25, 0.3) is 0 Å². The Kier molecular flexibility index (Phi) is 6.53. The number of amides is 1. The number of hydrogen-bond donors (Lipinski definition) is 0. The lowest BCUT2D eigenvalue weighted by atomic mass is 10.2. The van der Waals surface area contributed by atoms with Gasteiger partial charge in [-0.05, 0) is 6.42 Å². The van der Waals surface area contributed by atoms with Crippen molar-refractivity contribution in [1.82, 2.24) is 5.06 Å². The van der Waals surface area contributed by atoms with E-state index in [9.17, 15) is 9.59 Å². The fraction of sp³-hybridized carbons (Fsp3) is 0.778. The number of hydroxylamine groups is 2. The third-order valence-corrected chi connectivity index (χ3v) is 1.65. The summed E-state index contributed by atoms with van der Waals surface area (Å²) in [6, 6.07) is 0. The third kappa shape index (κ3) is 5.40. The van der Waals surface area contributed by atoms with Crippen molar-refractivity contribution >= 4 is 12.1 Å². The zero-order valence-corrected chi connectivity index (χ0v) is 8.91. The van der Waals surface area contributed by atoms with Crippen LogP contribution in [-0.2, 0) is 14.4 Å². The number of ether oxygens (including phenoxy) is 1. The van der Waals surface area contributed by atoms with E-state index in [1.54, 1.807) is 0 Å². The van der Waals surface area contributed by atoms with Crippen LogP contribution in [0.4, 0.5) is 4.79 Å².